The van der Waals surface area contributed by atoms with E-state index in [1.54, 1.807) is 0 Å². The molecule has 1 heteroatoms. The van der Waals surface area contributed by atoms with Gasteiger partial charge in [-0.3, -0.25) is 4.98 Å². The number of rotatable bonds is 1. The molecule has 1 aromatic heterocycles. The van der Waals surface area contributed by atoms with E-state index in [0.717, 1.165) is 5.69 Å². The molecule has 0 unspecified atom stereocenters. The maximum Gasteiger partial charge on any atom is 0.0658 e. The number of pyridine rings is 1. The summed E-state index contributed by atoms with van der Waals surface area (Å²) in [5, 5.41) is 0. The van der Waals surface area contributed by atoms with Crippen LogP contribution in [0.1, 0.15) is 23.7 Å². The Hall–Kier alpha value is -1.11. The molecule has 1 nitrogen and oxygen atoms in total. The largest absolute Gasteiger partial charge is 0.257 e. The van der Waals surface area contributed by atoms with Crippen molar-refractivity contribution in [3.8, 4) is 0 Å². The SMILES string of the molecule is C/C=C\c1nccc(C)c1C. The first-order valence-electron chi connectivity index (χ1n) is 3.80. The lowest BCUT2D eigenvalue weighted by Gasteiger charge is -2.01. The van der Waals surface area contributed by atoms with Crippen molar-refractivity contribution in [1.29, 1.82) is 0 Å². The van der Waals surface area contributed by atoms with Gasteiger partial charge in [0.2, 0.25) is 0 Å². The quantitative estimate of drug-likeness (QED) is 0.595. The number of hydrogen-bond acceptors (Lipinski definition) is 1. The first kappa shape index (κ1) is 7.99. The standard InChI is InChI=1S/C10H13N/c1-4-5-10-9(3)8(2)6-7-11-10/h4-7H,1-3H3/b5-4-. The van der Waals surface area contributed by atoms with Crippen LogP contribution in [0.5, 0.6) is 0 Å². The van der Waals surface area contributed by atoms with Crippen LogP contribution in [-0.2, 0) is 0 Å². The number of aryl methyl sites for hydroxylation is 1. The van der Waals surface area contributed by atoms with Gasteiger partial charge >= 0.3 is 0 Å². The molecule has 0 N–H and O–H groups in total. The molecular formula is C10H13N. The molecule has 1 rings (SSSR count). The van der Waals surface area contributed by atoms with Crippen LogP contribution in [0, 0.1) is 13.8 Å². The van der Waals surface area contributed by atoms with Crippen molar-refractivity contribution in [3.05, 3.63) is 35.2 Å². The van der Waals surface area contributed by atoms with Crippen LogP contribution in [0.25, 0.3) is 6.08 Å². The normalized spacial score (nSPS) is 10.8. The Kier molecular flexibility index (Phi) is 2.42. The zero-order valence-electron chi connectivity index (χ0n) is 7.26. The second-order valence-corrected chi connectivity index (χ2v) is 2.64. The molecule has 1 heterocycles. The lowest BCUT2D eigenvalue weighted by molar-refractivity contribution is 1.19. The van der Waals surface area contributed by atoms with Crippen LogP contribution in [-0.4, -0.2) is 4.98 Å². The second kappa shape index (κ2) is 3.33. The van der Waals surface area contributed by atoms with Crippen LogP contribution in [0.3, 0.4) is 0 Å². The van der Waals surface area contributed by atoms with Crippen LogP contribution >= 0.6 is 0 Å². The predicted octanol–water partition coefficient (Wildman–Crippen LogP) is 2.73. The van der Waals surface area contributed by atoms with Gasteiger partial charge in [-0.05, 0) is 44.0 Å². The van der Waals surface area contributed by atoms with E-state index in [-0.39, 0.29) is 0 Å². The smallest absolute Gasteiger partial charge is 0.0658 e. The molecule has 11 heavy (non-hydrogen) atoms. The van der Waals surface area contributed by atoms with Gasteiger partial charge in [0, 0.05) is 6.20 Å². The molecule has 0 aliphatic heterocycles. The Balaban J connectivity index is 3.16. The molecule has 1 aromatic rings. The Labute approximate surface area is 67.8 Å². The van der Waals surface area contributed by atoms with E-state index in [9.17, 15) is 0 Å². The maximum absolute atomic E-state index is 4.24. The first-order chi connectivity index (χ1) is 5.25. The van der Waals surface area contributed by atoms with Crippen LogP contribution in [0.15, 0.2) is 18.3 Å². The molecule has 0 spiro atoms. The summed E-state index contributed by atoms with van der Waals surface area (Å²) in [7, 11) is 0. The number of allylic oxidation sites excluding steroid dienone is 1. The van der Waals surface area contributed by atoms with Crippen molar-refractivity contribution in [1.82, 2.24) is 4.98 Å². The van der Waals surface area contributed by atoms with Gasteiger partial charge in [-0.1, -0.05) is 6.08 Å². The molecule has 0 atom stereocenters. The van der Waals surface area contributed by atoms with Crippen molar-refractivity contribution < 1.29 is 0 Å². The number of aromatic nitrogens is 1. The van der Waals surface area contributed by atoms with Gasteiger partial charge in [0.15, 0.2) is 0 Å². The molecular weight excluding hydrogens is 134 g/mol. The summed E-state index contributed by atoms with van der Waals surface area (Å²) in [5.74, 6) is 0. The Morgan fingerprint density at radius 2 is 2.09 bits per heavy atom. The summed E-state index contributed by atoms with van der Waals surface area (Å²) in [4.78, 5) is 4.24. The Morgan fingerprint density at radius 3 is 2.73 bits per heavy atom. The highest BCUT2D eigenvalue weighted by atomic mass is 14.7. The van der Waals surface area contributed by atoms with E-state index in [2.05, 4.69) is 18.8 Å². The molecule has 58 valence electrons. The summed E-state index contributed by atoms with van der Waals surface area (Å²) in [6, 6.07) is 2.03. The maximum atomic E-state index is 4.24. The third-order valence-electron chi connectivity index (χ3n) is 1.84. The summed E-state index contributed by atoms with van der Waals surface area (Å²) >= 11 is 0. The fourth-order valence-electron chi connectivity index (χ4n) is 0.979. The Bertz CT molecular complexity index is 274. The average Bonchev–Trinajstić information content (AvgIpc) is 1.99. The zero-order chi connectivity index (χ0) is 8.27. The van der Waals surface area contributed by atoms with Gasteiger partial charge in [0.1, 0.15) is 0 Å². The molecule has 0 bridgehead atoms. The van der Waals surface area contributed by atoms with Crippen molar-refractivity contribution in [3.63, 3.8) is 0 Å². The predicted molar refractivity (Wildman–Crippen MR) is 48.4 cm³/mol. The minimum Gasteiger partial charge on any atom is -0.257 e. The van der Waals surface area contributed by atoms with Gasteiger partial charge in [0.05, 0.1) is 5.69 Å². The summed E-state index contributed by atoms with van der Waals surface area (Å²) in [6.07, 6.45) is 5.88. The molecule has 0 aromatic carbocycles. The minimum absolute atomic E-state index is 1.08. The summed E-state index contributed by atoms with van der Waals surface area (Å²) in [6.45, 7) is 6.20. The van der Waals surface area contributed by atoms with Crippen molar-refractivity contribution in [2.24, 2.45) is 0 Å². The monoisotopic (exact) mass is 147 g/mol. The third kappa shape index (κ3) is 1.67. The minimum atomic E-state index is 1.08. The van der Waals surface area contributed by atoms with E-state index < -0.39 is 0 Å². The van der Waals surface area contributed by atoms with E-state index >= 15 is 0 Å². The zero-order valence-corrected chi connectivity index (χ0v) is 7.26. The number of hydrogen-bond donors (Lipinski definition) is 0. The van der Waals surface area contributed by atoms with Crippen LogP contribution < -0.4 is 0 Å². The molecule has 0 fully saturated rings. The van der Waals surface area contributed by atoms with E-state index in [4.69, 9.17) is 0 Å². The lowest BCUT2D eigenvalue weighted by atomic mass is 10.1. The molecule has 0 saturated heterocycles. The van der Waals surface area contributed by atoms with Crippen molar-refractivity contribution in [2.45, 2.75) is 20.8 Å². The molecule has 0 saturated carbocycles. The fraction of sp³-hybridized carbons (Fsp3) is 0.300. The van der Waals surface area contributed by atoms with Crippen molar-refractivity contribution in [2.75, 3.05) is 0 Å². The topological polar surface area (TPSA) is 12.9 Å². The van der Waals surface area contributed by atoms with E-state index in [0.29, 0.717) is 0 Å². The van der Waals surface area contributed by atoms with Gasteiger partial charge in [0.25, 0.3) is 0 Å². The Morgan fingerprint density at radius 1 is 1.36 bits per heavy atom. The second-order valence-electron chi connectivity index (χ2n) is 2.64. The van der Waals surface area contributed by atoms with Gasteiger partial charge in [-0.15, -0.1) is 0 Å². The highest BCUT2D eigenvalue weighted by Gasteiger charge is 1.96. The van der Waals surface area contributed by atoms with E-state index in [1.165, 1.54) is 11.1 Å². The lowest BCUT2D eigenvalue weighted by Crippen LogP contribution is -1.88. The van der Waals surface area contributed by atoms with E-state index in [1.807, 2.05) is 31.3 Å². The van der Waals surface area contributed by atoms with Crippen LogP contribution in [0.4, 0.5) is 0 Å². The van der Waals surface area contributed by atoms with Crippen molar-refractivity contribution >= 4 is 6.08 Å². The first-order valence-corrected chi connectivity index (χ1v) is 3.80. The van der Waals surface area contributed by atoms with Gasteiger partial charge < -0.3 is 0 Å². The molecule has 0 radical (unpaired) electrons. The highest BCUT2D eigenvalue weighted by molar-refractivity contribution is 5.50. The highest BCUT2D eigenvalue weighted by Crippen LogP contribution is 2.10. The third-order valence-corrected chi connectivity index (χ3v) is 1.84. The summed E-state index contributed by atoms with van der Waals surface area (Å²) < 4.78 is 0. The molecule has 0 aliphatic carbocycles. The molecule has 0 aliphatic rings. The fourth-order valence-corrected chi connectivity index (χ4v) is 0.979. The van der Waals surface area contributed by atoms with Gasteiger partial charge in [-0.25, -0.2) is 0 Å². The number of nitrogens with zero attached hydrogens (tertiary/aromatic N) is 1. The average molecular weight is 147 g/mol. The molecule has 0 amide bonds. The van der Waals surface area contributed by atoms with Crippen LogP contribution in [0.2, 0.25) is 0 Å². The summed E-state index contributed by atoms with van der Waals surface area (Å²) in [5.41, 5.74) is 3.64. The van der Waals surface area contributed by atoms with Gasteiger partial charge in [-0.2, -0.15) is 0 Å².